The number of carbonyl (C=O) groups excluding carboxylic acids is 1. The second kappa shape index (κ2) is 9.62. The third-order valence-electron chi connectivity index (χ3n) is 5.59. The summed E-state index contributed by atoms with van der Waals surface area (Å²) in [6.07, 6.45) is 4.81. The van der Waals surface area contributed by atoms with Gasteiger partial charge in [-0.15, -0.1) is 10.2 Å². The molecule has 0 saturated carbocycles. The van der Waals surface area contributed by atoms with Gasteiger partial charge in [-0.25, -0.2) is 0 Å². The zero-order valence-electron chi connectivity index (χ0n) is 17.4. The summed E-state index contributed by atoms with van der Waals surface area (Å²) in [5.41, 5.74) is 1.56. The van der Waals surface area contributed by atoms with Crippen LogP contribution < -0.4 is 4.74 Å². The highest BCUT2D eigenvalue weighted by molar-refractivity contribution is 9.10. The normalized spacial score (nSPS) is 15.4. The van der Waals surface area contributed by atoms with Gasteiger partial charge in [0.2, 0.25) is 5.88 Å². The molecule has 3 aromatic rings. The van der Waals surface area contributed by atoms with Gasteiger partial charge in [0, 0.05) is 15.4 Å². The summed E-state index contributed by atoms with van der Waals surface area (Å²) in [5, 5.41) is 19.8. The smallest absolute Gasteiger partial charge is 0.295 e. The lowest BCUT2D eigenvalue weighted by atomic mass is 10.2. The van der Waals surface area contributed by atoms with Crippen molar-refractivity contribution in [3.05, 3.63) is 52.5 Å². The molecule has 162 valence electrons. The minimum Gasteiger partial charge on any atom is -0.497 e. The van der Waals surface area contributed by atoms with Gasteiger partial charge in [-0.2, -0.15) is 0 Å². The van der Waals surface area contributed by atoms with Crippen LogP contribution in [-0.4, -0.2) is 40.7 Å². The summed E-state index contributed by atoms with van der Waals surface area (Å²) >= 11 is 3.49. The quantitative estimate of drug-likeness (QED) is 0.458. The number of fused-ring (bicyclic) bond motifs is 1. The Morgan fingerprint density at radius 3 is 2.48 bits per heavy atom. The fraction of sp³-hybridized carbons (Fsp3) is 0.348. The van der Waals surface area contributed by atoms with E-state index < -0.39 is 5.91 Å². The van der Waals surface area contributed by atoms with Crippen LogP contribution in [0.25, 0.3) is 10.9 Å². The molecule has 0 radical (unpaired) electrons. The highest BCUT2D eigenvalue weighted by Crippen LogP contribution is 2.40. The fourth-order valence-electron chi connectivity index (χ4n) is 3.90. The molecule has 1 amide bonds. The van der Waals surface area contributed by atoms with Crippen molar-refractivity contribution >= 4 is 38.4 Å². The summed E-state index contributed by atoms with van der Waals surface area (Å²) in [6, 6.07) is 12.4. The second-order valence-electron chi connectivity index (χ2n) is 7.67. The first kappa shape index (κ1) is 21.5. The molecular weight excluding hydrogens is 460 g/mol. The number of hydrogen-bond acceptors (Lipinski definition) is 5. The van der Waals surface area contributed by atoms with Gasteiger partial charge in [-0.1, -0.05) is 28.8 Å². The summed E-state index contributed by atoms with van der Waals surface area (Å²) in [6.45, 7) is 2.58. The van der Waals surface area contributed by atoms with Gasteiger partial charge >= 0.3 is 0 Å². The van der Waals surface area contributed by atoms with Crippen molar-refractivity contribution in [2.45, 2.75) is 32.4 Å². The Labute approximate surface area is 189 Å². The third-order valence-corrected chi connectivity index (χ3v) is 6.08. The van der Waals surface area contributed by atoms with Gasteiger partial charge in [-0.3, -0.25) is 14.3 Å². The van der Waals surface area contributed by atoms with Crippen LogP contribution in [-0.2, 0) is 6.67 Å². The van der Waals surface area contributed by atoms with Crippen LogP contribution in [0.5, 0.6) is 11.6 Å². The number of halogens is 1. The van der Waals surface area contributed by atoms with Crippen molar-refractivity contribution in [2.24, 2.45) is 10.2 Å². The van der Waals surface area contributed by atoms with Crippen molar-refractivity contribution in [1.29, 1.82) is 0 Å². The van der Waals surface area contributed by atoms with Crippen LogP contribution in [0.2, 0.25) is 0 Å². The number of benzene rings is 2. The summed E-state index contributed by atoms with van der Waals surface area (Å²) in [5.74, 6) is 0.196. The number of carbonyl (C=O) groups is 1. The SMILES string of the molecule is COc1ccc(C(=O)N=Nc2c(O)n(CN3CCCCCC3)c3ccc(Br)cc23)cc1. The van der Waals surface area contributed by atoms with E-state index >= 15 is 0 Å². The first-order valence-electron chi connectivity index (χ1n) is 10.4. The number of nitrogens with zero attached hydrogens (tertiary/aromatic N) is 4. The molecular formula is C23H25BrN4O3. The van der Waals surface area contributed by atoms with Gasteiger partial charge < -0.3 is 9.84 Å². The zero-order valence-corrected chi connectivity index (χ0v) is 19.0. The van der Waals surface area contributed by atoms with Crippen molar-refractivity contribution in [3.63, 3.8) is 0 Å². The average Bonchev–Trinajstić information content (AvgIpc) is 2.94. The van der Waals surface area contributed by atoms with Gasteiger partial charge in [0.25, 0.3) is 5.91 Å². The molecule has 1 aromatic heterocycles. The summed E-state index contributed by atoms with van der Waals surface area (Å²) in [7, 11) is 1.57. The Morgan fingerprint density at radius 1 is 1.10 bits per heavy atom. The minimum absolute atomic E-state index is 0.0172. The van der Waals surface area contributed by atoms with E-state index in [1.165, 1.54) is 12.8 Å². The molecule has 1 aliphatic rings. The van der Waals surface area contributed by atoms with Crippen molar-refractivity contribution < 1.29 is 14.6 Å². The number of ether oxygens (including phenoxy) is 1. The minimum atomic E-state index is -0.481. The maximum Gasteiger partial charge on any atom is 0.295 e. The predicted molar refractivity (Wildman–Crippen MR) is 123 cm³/mol. The Kier molecular flexibility index (Phi) is 6.67. The van der Waals surface area contributed by atoms with Crippen LogP contribution in [0.15, 0.2) is 57.2 Å². The van der Waals surface area contributed by atoms with Gasteiger partial charge in [-0.05, 0) is 68.4 Å². The van der Waals surface area contributed by atoms with E-state index in [1.54, 1.807) is 31.4 Å². The van der Waals surface area contributed by atoms with Crippen molar-refractivity contribution in [1.82, 2.24) is 9.47 Å². The third kappa shape index (κ3) is 4.80. The summed E-state index contributed by atoms with van der Waals surface area (Å²) in [4.78, 5) is 14.8. The molecule has 2 aromatic carbocycles. The molecule has 2 heterocycles. The molecule has 1 saturated heterocycles. The lowest BCUT2D eigenvalue weighted by molar-refractivity contribution is 0.0995. The maximum absolute atomic E-state index is 12.5. The lowest BCUT2D eigenvalue weighted by Gasteiger charge is -2.21. The number of aromatic hydroxyl groups is 1. The molecule has 7 nitrogen and oxygen atoms in total. The number of azo groups is 1. The Bertz CT molecular complexity index is 1100. The molecule has 0 aliphatic carbocycles. The van der Waals surface area contributed by atoms with E-state index in [0.717, 1.165) is 41.3 Å². The van der Waals surface area contributed by atoms with E-state index in [9.17, 15) is 9.90 Å². The van der Waals surface area contributed by atoms with Crippen LogP contribution in [0.4, 0.5) is 5.69 Å². The molecule has 1 fully saturated rings. The highest BCUT2D eigenvalue weighted by Gasteiger charge is 2.20. The number of aromatic nitrogens is 1. The number of methoxy groups -OCH3 is 1. The van der Waals surface area contributed by atoms with Crippen molar-refractivity contribution in [3.8, 4) is 11.6 Å². The topological polar surface area (TPSA) is 79.4 Å². The zero-order chi connectivity index (χ0) is 21.8. The van der Waals surface area contributed by atoms with E-state index in [2.05, 4.69) is 31.1 Å². The molecule has 1 N–H and O–H groups in total. The van der Waals surface area contributed by atoms with E-state index in [-0.39, 0.29) is 5.88 Å². The van der Waals surface area contributed by atoms with E-state index in [1.807, 2.05) is 22.8 Å². The maximum atomic E-state index is 12.5. The van der Waals surface area contributed by atoms with Crippen LogP contribution in [0, 0.1) is 0 Å². The van der Waals surface area contributed by atoms with Crippen molar-refractivity contribution in [2.75, 3.05) is 20.2 Å². The largest absolute Gasteiger partial charge is 0.497 e. The Hall–Kier alpha value is -2.71. The standard InChI is InChI=1S/C23H25BrN4O3/c1-31-18-9-6-16(7-10-18)22(29)26-25-21-19-14-17(24)8-11-20(19)28(23(21)30)15-27-12-4-2-3-5-13-27/h6-11,14,30H,2-5,12-13,15H2,1H3. The lowest BCUT2D eigenvalue weighted by Crippen LogP contribution is -2.27. The molecule has 4 rings (SSSR count). The molecule has 0 atom stereocenters. The Balaban J connectivity index is 1.66. The molecule has 0 bridgehead atoms. The molecule has 0 unspecified atom stereocenters. The van der Waals surface area contributed by atoms with Crippen LogP contribution >= 0.6 is 15.9 Å². The molecule has 8 heteroatoms. The van der Waals surface area contributed by atoms with Gasteiger partial charge in [0.05, 0.1) is 19.3 Å². The van der Waals surface area contributed by atoms with Gasteiger partial charge in [0.1, 0.15) is 5.75 Å². The van der Waals surface area contributed by atoms with E-state index in [4.69, 9.17) is 4.74 Å². The average molecular weight is 485 g/mol. The predicted octanol–water partition coefficient (Wildman–Crippen LogP) is 5.88. The fourth-order valence-corrected chi connectivity index (χ4v) is 4.26. The first-order valence-corrected chi connectivity index (χ1v) is 11.2. The van der Waals surface area contributed by atoms with E-state index in [0.29, 0.717) is 23.7 Å². The monoisotopic (exact) mass is 484 g/mol. The Morgan fingerprint density at radius 2 is 1.81 bits per heavy atom. The molecule has 1 aliphatic heterocycles. The number of rotatable bonds is 5. The highest BCUT2D eigenvalue weighted by atomic mass is 79.9. The van der Waals surface area contributed by atoms with Crippen LogP contribution in [0.3, 0.4) is 0 Å². The molecule has 0 spiro atoms. The second-order valence-corrected chi connectivity index (χ2v) is 8.58. The van der Waals surface area contributed by atoms with Crippen LogP contribution in [0.1, 0.15) is 36.0 Å². The summed E-state index contributed by atoms with van der Waals surface area (Å²) < 4.78 is 7.83. The first-order chi connectivity index (χ1) is 15.1. The van der Waals surface area contributed by atoms with Gasteiger partial charge in [0.15, 0.2) is 5.69 Å². The molecule has 31 heavy (non-hydrogen) atoms. The number of amides is 1. The number of likely N-dealkylation sites (tertiary alicyclic amines) is 1. The number of hydrogen-bond donors (Lipinski definition) is 1.